The third-order valence-corrected chi connectivity index (χ3v) is 3.36. The number of hydrogen-bond acceptors (Lipinski definition) is 4. The van der Waals surface area contributed by atoms with Gasteiger partial charge in [-0.15, -0.1) is 0 Å². The van der Waals surface area contributed by atoms with Gasteiger partial charge in [0, 0.05) is 18.8 Å². The van der Waals surface area contributed by atoms with Crippen molar-refractivity contribution in [1.29, 1.82) is 0 Å². The fourth-order valence-electron chi connectivity index (χ4n) is 2.09. The van der Waals surface area contributed by atoms with Crippen molar-refractivity contribution in [3.8, 4) is 0 Å². The Bertz CT molecular complexity index is 585. The number of nitrogens with one attached hydrogen (secondary N) is 2. The van der Waals surface area contributed by atoms with E-state index in [0.29, 0.717) is 5.69 Å². The van der Waals surface area contributed by atoms with E-state index in [9.17, 15) is 14.4 Å². The van der Waals surface area contributed by atoms with E-state index in [1.54, 1.807) is 18.2 Å². The minimum absolute atomic E-state index is 0.0113. The number of amides is 4. The number of rotatable bonds is 3. The zero-order valence-corrected chi connectivity index (χ0v) is 11.9. The fourth-order valence-corrected chi connectivity index (χ4v) is 2.09. The van der Waals surface area contributed by atoms with Gasteiger partial charge in [0.2, 0.25) is 5.91 Å². The summed E-state index contributed by atoms with van der Waals surface area (Å²) in [5.41, 5.74) is 7.24. The molecule has 1 aromatic rings. The van der Waals surface area contributed by atoms with Crippen LogP contribution in [-0.2, 0) is 9.59 Å². The van der Waals surface area contributed by atoms with Gasteiger partial charge in [-0.1, -0.05) is 12.1 Å². The molecular formula is C14H18N4O3. The number of hydrogen-bond donors (Lipinski definition) is 3. The second kappa shape index (κ2) is 5.92. The molecule has 1 fully saturated rings. The third-order valence-electron chi connectivity index (χ3n) is 3.36. The van der Waals surface area contributed by atoms with Crippen LogP contribution in [0.3, 0.4) is 0 Å². The van der Waals surface area contributed by atoms with Crippen LogP contribution in [0.4, 0.5) is 10.5 Å². The van der Waals surface area contributed by atoms with Crippen LogP contribution in [0.5, 0.6) is 0 Å². The standard InChI is InChI=1S/C14H18N4O3/c1-8(15)9-4-3-5-10(6-9)16-14(21)17-11-7-12(19)18(2)13(11)20/h3-6,8,11H,7,15H2,1-2H3,(H2,16,17,21). The molecule has 21 heavy (non-hydrogen) atoms. The smallest absolute Gasteiger partial charge is 0.319 e. The van der Waals surface area contributed by atoms with Crippen LogP contribution in [-0.4, -0.2) is 35.8 Å². The topological polar surface area (TPSA) is 105 Å². The molecule has 0 bridgehead atoms. The monoisotopic (exact) mass is 290 g/mol. The fraction of sp³-hybridized carbons (Fsp3) is 0.357. The molecule has 0 spiro atoms. The molecule has 0 aromatic heterocycles. The first-order valence-electron chi connectivity index (χ1n) is 6.62. The van der Waals surface area contributed by atoms with Crippen LogP contribution in [0, 0.1) is 0 Å². The number of likely N-dealkylation sites (tertiary alicyclic amines) is 1. The summed E-state index contributed by atoms with van der Waals surface area (Å²) in [4.78, 5) is 36.0. The van der Waals surface area contributed by atoms with Crippen molar-refractivity contribution < 1.29 is 14.4 Å². The van der Waals surface area contributed by atoms with Gasteiger partial charge < -0.3 is 16.4 Å². The highest BCUT2D eigenvalue weighted by Gasteiger charge is 2.36. The third kappa shape index (κ3) is 3.38. The molecule has 1 aliphatic rings. The van der Waals surface area contributed by atoms with Crippen molar-refractivity contribution in [1.82, 2.24) is 10.2 Å². The Balaban J connectivity index is 1.98. The number of nitrogens with two attached hydrogens (primary N) is 1. The molecule has 0 saturated carbocycles. The average Bonchev–Trinajstić information content (AvgIpc) is 2.66. The Morgan fingerprint density at radius 3 is 2.71 bits per heavy atom. The molecule has 2 rings (SSSR count). The lowest BCUT2D eigenvalue weighted by atomic mass is 10.1. The second-order valence-electron chi connectivity index (χ2n) is 5.06. The lowest BCUT2D eigenvalue weighted by Crippen LogP contribution is -2.42. The molecule has 7 heteroatoms. The van der Waals surface area contributed by atoms with Gasteiger partial charge in [-0.3, -0.25) is 14.5 Å². The molecule has 112 valence electrons. The zero-order chi connectivity index (χ0) is 15.6. The molecule has 0 radical (unpaired) electrons. The van der Waals surface area contributed by atoms with Gasteiger partial charge in [-0.25, -0.2) is 4.79 Å². The first-order chi connectivity index (χ1) is 9.88. The van der Waals surface area contributed by atoms with Crippen molar-refractivity contribution in [2.24, 2.45) is 5.73 Å². The quantitative estimate of drug-likeness (QED) is 0.708. The van der Waals surface area contributed by atoms with Crippen LogP contribution in [0.15, 0.2) is 24.3 Å². The Morgan fingerprint density at radius 1 is 1.43 bits per heavy atom. The number of carbonyl (C=O) groups excluding carboxylic acids is 3. The maximum atomic E-state index is 11.9. The molecule has 2 atom stereocenters. The Morgan fingerprint density at radius 2 is 2.14 bits per heavy atom. The average molecular weight is 290 g/mol. The minimum atomic E-state index is -0.806. The lowest BCUT2D eigenvalue weighted by Gasteiger charge is -2.13. The van der Waals surface area contributed by atoms with E-state index in [-0.39, 0.29) is 18.4 Å². The highest BCUT2D eigenvalue weighted by molar-refractivity contribution is 6.07. The van der Waals surface area contributed by atoms with Gasteiger partial charge >= 0.3 is 6.03 Å². The molecule has 0 aliphatic carbocycles. The Hall–Kier alpha value is -2.41. The second-order valence-corrected chi connectivity index (χ2v) is 5.06. The summed E-state index contributed by atoms with van der Waals surface area (Å²) in [5.74, 6) is -0.705. The van der Waals surface area contributed by atoms with Crippen molar-refractivity contribution in [3.63, 3.8) is 0 Å². The molecular weight excluding hydrogens is 272 g/mol. The summed E-state index contributed by atoms with van der Waals surface area (Å²) in [6.07, 6.45) is -0.0113. The predicted octanol–water partition coefficient (Wildman–Crippen LogP) is 0.585. The summed E-state index contributed by atoms with van der Waals surface area (Å²) < 4.78 is 0. The van der Waals surface area contributed by atoms with Crippen LogP contribution in [0.1, 0.15) is 24.9 Å². The van der Waals surface area contributed by atoms with E-state index in [2.05, 4.69) is 10.6 Å². The number of nitrogens with zero attached hydrogens (tertiary/aromatic N) is 1. The summed E-state index contributed by atoms with van der Waals surface area (Å²) in [7, 11) is 1.40. The normalized spacial score (nSPS) is 19.6. The largest absolute Gasteiger partial charge is 0.326 e. The van der Waals surface area contributed by atoms with Crippen LogP contribution >= 0.6 is 0 Å². The summed E-state index contributed by atoms with van der Waals surface area (Å²) in [6, 6.07) is 5.65. The predicted molar refractivity (Wildman–Crippen MR) is 77.4 cm³/mol. The van der Waals surface area contributed by atoms with E-state index in [1.807, 2.05) is 13.0 Å². The number of benzene rings is 1. The van der Waals surface area contributed by atoms with E-state index in [1.165, 1.54) is 7.05 Å². The number of likely N-dealkylation sites (N-methyl/N-ethyl adjacent to an activating group) is 1. The van der Waals surface area contributed by atoms with Crippen molar-refractivity contribution in [2.45, 2.75) is 25.4 Å². The van der Waals surface area contributed by atoms with Gasteiger partial charge in [-0.05, 0) is 24.6 Å². The van der Waals surface area contributed by atoms with Crippen LogP contribution in [0.25, 0.3) is 0 Å². The van der Waals surface area contributed by atoms with Crippen molar-refractivity contribution in [3.05, 3.63) is 29.8 Å². The van der Waals surface area contributed by atoms with E-state index in [4.69, 9.17) is 5.73 Å². The Kier molecular flexibility index (Phi) is 4.23. The zero-order valence-electron chi connectivity index (χ0n) is 11.9. The highest BCUT2D eigenvalue weighted by Crippen LogP contribution is 2.16. The van der Waals surface area contributed by atoms with Gasteiger partial charge in [-0.2, -0.15) is 0 Å². The number of imide groups is 1. The van der Waals surface area contributed by atoms with Crippen molar-refractivity contribution in [2.75, 3.05) is 12.4 Å². The van der Waals surface area contributed by atoms with Crippen LogP contribution < -0.4 is 16.4 Å². The maximum absolute atomic E-state index is 11.9. The first-order valence-corrected chi connectivity index (χ1v) is 6.62. The summed E-state index contributed by atoms with van der Waals surface area (Å²) >= 11 is 0. The van der Waals surface area contributed by atoms with Gasteiger partial charge in [0.1, 0.15) is 6.04 Å². The van der Waals surface area contributed by atoms with E-state index < -0.39 is 18.0 Å². The minimum Gasteiger partial charge on any atom is -0.326 e. The SMILES string of the molecule is CC(N)c1cccc(NC(=O)NC2CC(=O)N(C)C2=O)c1. The molecule has 7 nitrogen and oxygen atoms in total. The molecule has 2 unspecified atom stereocenters. The van der Waals surface area contributed by atoms with Gasteiger partial charge in [0.15, 0.2) is 0 Å². The van der Waals surface area contributed by atoms with E-state index >= 15 is 0 Å². The van der Waals surface area contributed by atoms with Crippen molar-refractivity contribution >= 4 is 23.5 Å². The molecule has 1 aliphatic heterocycles. The number of carbonyl (C=O) groups is 3. The highest BCUT2D eigenvalue weighted by atomic mass is 16.2. The number of urea groups is 1. The van der Waals surface area contributed by atoms with Crippen LogP contribution in [0.2, 0.25) is 0 Å². The summed E-state index contributed by atoms with van der Waals surface area (Å²) in [6.45, 7) is 1.85. The van der Waals surface area contributed by atoms with Gasteiger partial charge in [0.25, 0.3) is 5.91 Å². The lowest BCUT2D eigenvalue weighted by molar-refractivity contribution is -0.137. The molecule has 1 aromatic carbocycles. The number of anilines is 1. The Labute approximate surface area is 122 Å². The first kappa shape index (κ1) is 15.0. The molecule has 1 heterocycles. The maximum Gasteiger partial charge on any atom is 0.319 e. The van der Waals surface area contributed by atoms with E-state index in [0.717, 1.165) is 10.5 Å². The van der Waals surface area contributed by atoms with Gasteiger partial charge in [0.05, 0.1) is 6.42 Å². The molecule has 4 amide bonds. The molecule has 4 N–H and O–H groups in total. The summed E-state index contributed by atoms with van der Waals surface area (Å²) in [5, 5.41) is 5.12. The molecule has 1 saturated heterocycles.